The first-order chi connectivity index (χ1) is 6.70. The molecule has 0 amide bonds. The van der Waals surface area contributed by atoms with Gasteiger partial charge in [0.25, 0.3) is 0 Å². The highest BCUT2D eigenvalue weighted by Crippen LogP contribution is 2.28. The van der Waals surface area contributed by atoms with Gasteiger partial charge in [0.1, 0.15) is 0 Å². The van der Waals surface area contributed by atoms with Crippen LogP contribution in [-0.2, 0) is 0 Å². The Labute approximate surface area is 93.5 Å². The van der Waals surface area contributed by atoms with Crippen molar-refractivity contribution in [1.82, 2.24) is 10.2 Å². The Morgan fingerprint density at radius 3 is 2.40 bits per heavy atom. The summed E-state index contributed by atoms with van der Waals surface area (Å²) in [6.07, 6.45) is 7.23. The first-order valence-electron chi connectivity index (χ1n) is 6.18. The molecular weight excluding hydrogens is 188 g/mol. The molecular formula is C12H26N2O. The molecule has 3 nitrogen and oxygen atoms in total. The van der Waals surface area contributed by atoms with Crippen LogP contribution in [-0.4, -0.2) is 41.6 Å². The number of hydrogen-bond acceptors (Lipinski definition) is 2. The summed E-state index contributed by atoms with van der Waals surface area (Å²) in [5.74, 6) is 0. The van der Waals surface area contributed by atoms with Gasteiger partial charge in [-0.05, 0) is 26.7 Å². The van der Waals surface area contributed by atoms with E-state index in [9.17, 15) is 0 Å². The zero-order chi connectivity index (χ0) is 10.0. The lowest BCUT2D eigenvalue weighted by Gasteiger charge is -2.48. The minimum Gasteiger partial charge on any atom is -0.412 e. The number of piperazine rings is 1. The number of nitrogens with zero attached hydrogens (tertiary/aromatic N) is 1. The fraction of sp³-hybridized carbons (Fsp3) is 1.00. The predicted octanol–water partition coefficient (Wildman–Crippen LogP) is 1.18. The number of hydrogen-bond donors (Lipinski definition) is 1. The van der Waals surface area contributed by atoms with E-state index in [2.05, 4.69) is 24.1 Å². The molecule has 2 rings (SSSR count). The minimum atomic E-state index is 0. The summed E-state index contributed by atoms with van der Waals surface area (Å²) < 4.78 is 0. The second-order valence-corrected chi connectivity index (χ2v) is 5.47. The van der Waals surface area contributed by atoms with Crippen molar-refractivity contribution >= 4 is 0 Å². The fourth-order valence-electron chi connectivity index (χ4n) is 3.07. The Kier molecular flexibility index (Phi) is 4.56. The zero-order valence-electron chi connectivity index (χ0n) is 10.2. The molecule has 0 spiro atoms. The SMILES string of the molecule is CC1(C)CNCCN1C1CCCCC1.O. The van der Waals surface area contributed by atoms with E-state index in [0.717, 1.165) is 12.6 Å². The highest BCUT2D eigenvalue weighted by Gasteiger charge is 2.34. The molecule has 0 aromatic heterocycles. The van der Waals surface area contributed by atoms with Gasteiger partial charge in [-0.25, -0.2) is 0 Å². The largest absolute Gasteiger partial charge is 0.412 e. The number of nitrogens with one attached hydrogen (secondary N) is 1. The first kappa shape index (κ1) is 12.9. The van der Waals surface area contributed by atoms with Gasteiger partial charge in [-0.2, -0.15) is 0 Å². The summed E-state index contributed by atoms with van der Waals surface area (Å²) in [5.41, 5.74) is 0.375. The highest BCUT2D eigenvalue weighted by molar-refractivity contribution is 4.92. The van der Waals surface area contributed by atoms with Gasteiger partial charge in [0.2, 0.25) is 0 Å². The summed E-state index contributed by atoms with van der Waals surface area (Å²) in [4.78, 5) is 2.75. The molecule has 2 aliphatic rings. The normalized spacial score (nSPS) is 28.4. The van der Waals surface area contributed by atoms with E-state index < -0.39 is 0 Å². The zero-order valence-corrected chi connectivity index (χ0v) is 10.2. The third kappa shape index (κ3) is 2.92. The third-order valence-electron chi connectivity index (χ3n) is 3.88. The monoisotopic (exact) mass is 214 g/mol. The van der Waals surface area contributed by atoms with Crippen molar-refractivity contribution < 1.29 is 5.48 Å². The van der Waals surface area contributed by atoms with E-state index in [0.29, 0.717) is 5.54 Å². The Morgan fingerprint density at radius 2 is 1.80 bits per heavy atom. The van der Waals surface area contributed by atoms with Crippen LogP contribution in [0, 0.1) is 0 Å². The maximum atomic E-state index is 3.50. The average molecular weight is 214 g/mol. The molecule has 1 heterocycles. The van der Waals surface area contributed by atoms with Gasteiger partial charge in [0, 0.05) is 31.2 Å². The van der Waals surface area contributed by atoms with Gasteiger partial charge < -0.3 is 10.8 Å². The molecule has 1 aliphatic heterocycles. The van der Waals surface area contributed by atoms with Gasteiger partial charge in [0.05, 0.1) is 0 Å². The van der Waals surface area contributed by atoms with Crippen molar-refractivity contribution in [1.29, 1.82) is 0 Å². The second-order valence-electron chi connectivity index (χ2n) is 5.47. The molecule has 2 fully saturated rings. The Hall–Kier alpha value is -0.120. The molecule has 1 aliphatic carbocycles. The van der Waals surface area contributed by atoms with Crippen LogP contribution in [0.1, 0.15) is 46.0 Å². The summed E-state index contributed by atoms with van der Waals surface area (Å²) >= 11 is 0. The van der Waals surface area contributed by atoms with Crippen LogP contribution >= 0.6 is 0 Å². The quantitative estimate of drug-likeness (QED) is 0.712. The molecule has 0 bridgehead atoms. The molecule has 90 valence electrons. The van der Waals surface area contributed by atoms with E-state index >= 15 is 0 Å². The van der Waals surface area contributed by atoms with Crippen LogP contribution in [0.2, 0.25) is 0 Å². The van der Waals surface area contributed by atoms with E-state index in [1.807, 2.05) is 0 Å². The minimum absolute atomic E-state index is 0. The maximum absolute atomic E-state index is 3.50. The van der Waals surface area contributed by atoms with Crippen molar-refractivity contribution in [3.05, 3.63) is 0 Å². The van der Waals surface area contributed by atoms with Crippen molar-refractivity contribution in [2.45, 2.75) is 57.5 Å². The molecule has 3 N–H and O–H groups in total. The second kappa shape index (κ2) is 5.28. The standard InChI is InChI=1S/C12H24N2.H2O/c1-12(2)10-13-8-9-14(12)11-6-4-3-5-7-11;/h11,13H,3-10H2,1-2H3;1H2. The Bertz CT molecular complexity index is 188. The molecule has 3 heteroatoms. The fourth-order valence-corrected chi connectivity index (χ4v) is 3.07. The van der Waals surface area contributed by atoms with Crippen molar-refractivity contribution in [2.24, 2.45) is 0 Å². The maximum Gasteiger partial charge on any atom is 0.0281 e. The van der Waals surface area contributed by atoms with Crippen LogP contribution in [0.25, 0.3) is 0 Å². The third-order valence-corrected chi connectivity index (χ3v) is 3.88. The van der Waals surface area contributed by atoms with Crippen LogP contribution in [0.5, 0.6) is 0 Å². The lowest BCUT2D eigenvalue weighted by molar-refractivity contribution is 0.0286. The molecule has 0 aromatic carbocycles. The molecule has 0 aromatic rings. The molecule has 0 atom stereocenters. The van der Waals surface area contributed by atoms with E-state index in [1.165, 1.54) is 45.2 Å². The van der Waals surface area contributed by atoms with Crippen LogP contribution < -0.4 is 5.32 Å². The summed E-state index contributed by atoms with van der Waals surface area (Å²) in [5, 5.41) is 3.50. The van der Waals surface area contributed by atoms with Gasteiger partial charge in [0.15, 0.2) is 0 Å². The number of rotatable bonds is 1. The average Bonchev–Trinajstić information content (AvgIpc) is 2.18. The van der Waals surface area contributed by atoms with E-state index in [4.69, 9.17) is 0 Å². The summed E-state index contributed by atoms with van der Waals surface area (Å²) in [6.45, 7) is 8.35. The predicted molar refractivity (Wildman–Crippen MR) is 64.1 cm³/mol. The summed E-state index contributed by atoms with van der Waals surface area (Å²) in [7, 11) is 0. The van der Waals surface area contributed by atoms with Crippen LogP contribution in [0.15, 0.2) is 0 Å². The topological polar surface area (TPSA) is 46.8 Å². The smallest absolute Gasteiger partial charge is 0.0281 e. The van der Waals surface area contributed by atoms with E-state index in [-0.39, 0.29) is 5.48 Å². The molecule has 1 saturated heterocycles. The summed E-state index contributed by atoms with van der Waals surface area (Å²) in [6, 6.07) is 0.876. The molecule has 15 heavy (non-hydrogen) atoms. The van der Waals surface area contributed by atoms with Crippen molar-refractivity contribution in [3.63, 3.8) is 0 Å². The van der Waals surface area contributed by atoms with Gasteiger partial charge in [-0.1, -0.05) is 19.3 Å². The van der Waals surface area contributed by atoms with Crippen LogP contribution in [0.4, 0.5) is 0 Å². The Morgan fingerprint density at radius 1 is 1.13 bits per heavy atom. The van der Waals surface area contributed by atoms with E-state index in [1.54, 1.807) is 0 Å². The molecule has 1 saturated carbocycles. The first-order valence-corrected chi connectivity index (χ1v) is 6.18. The van der Waals surface area contributed by atoms with Gasteiger partial charge >= 0.3 is 0 Å². The Balaban J connectivity index is 0.00000112. The van der Waals surface area contributed by atoms with Crippen molar-refractivity contribution in [3.8, 4) is 0 Å². The lowest BCUT2D eigenvalue weighted by atomic mass is 9.89. The molecule has 0 radical (unpaired) electrons. The van der Waals surface area contributed by atoms with Crippen LogP contribution in [0.3, 0.4) is 0 Å². The van der Waals surface area contributed by atoms with Crippen molar-refractivity contribution in [2.75, 3.05) is 19.6 Å². The lowest BCUT2D eigenvalue weighted by Crippen LogP contribution is -2.61. The van der Waals surface area contributed by atoms with Gasteiger partial charge in [-0.3, -0.25) is 4.90 Å². The van der Waals surface area contributed by atoms with Gasteiger partial charge in [-0.15, -0.1) is 0 Å². The highest BCUT2D eigenvalue weighted by atomic mass is 16.0. The molecule has 0 unspecified atom stereocenters.